The van der Waals surface area contributed by atoms with E-state index in [-0.39, 0.29) is 0 Å². The molecule has 3 heterocycles. The minimum atomic E-state index is -2.75. The number of hydrogen-bond donors (Lipinski definition) is 0. The zero-order chi connectivity index (χ0) is 52.9. The van der Waals surface area contributed by atoms with Crippen molar-refractivity contribution in [2.24, 2.45) is 0 Å². The zero-order valence-electron chi connectivity index (χ0n) is 44.0. The van der Waals surface area contributed by atoms with E-state index in [9.17, 15) is 0 Å². The molecule has 0 aliphatic carbocycles. The van der Waals surface area contributed by atoms with E-state index in [1.54, 1.807) is 0 Å². The Morgan fingerprint density at radius 2 is 0.802 bits per heavy atom. The van der Waals surface area contributed by atoms with Gasteiger partial charge in [0.15, 0.2) is 8.07 Å². The van der Waals surface area contributed by atoms with Crippen molar-refractivity contribution < 1.29 is 0 Å². The summed E-state index contributed by atoms with van der Waals surface area (Å²) in [6.45, 7) is 0. The van der Waals surface area contributed by atoms with Crippen molar-refractivity contribution in [3.05, 3.63) is 285 Å². The Bertz CT molecular complexity index is 5420. The molecule has 2 aromatic heterocycles. The molecule has 81 heavy (non-hydrogen) atoms. The van der Waals surface area contributed by atoms with E-state index in [0.29, 0.717) is 0 Å². The van der Waals surface area contributed by atoms with Crippen LogP contribution in [0.3, 0.4) is 0 Å². The van der Waals surface area contributed by atoms with Crippen LogP contribution in [0.2, 0.25) is 0 Å². The number of rotatable bonds is 5. The van der Waals surface area contributed by atoms with Gasteiger partial charge in [0, 0.05) is 36.6 Å². The lowest BCUT2D eigenvalue weighted by Gasteiger charge is -2.31. The van der Waals surface area contributed by atoms with Crippen molar-refractivity contribution in [1.29, 1.82) is 0 Å². The van der Waals surface area contributed by atoms with Gasteiger partial charge in [0.1, 0.15) is 0 Å². The SMILES string of the molecule is c1ccc(-n2c3ccc(-c4c5ccccc5c(-c5ccc6c(c5)sc5cc7c8ccccc8c8ccc9ccccc9c8c7cc56)c5ccccc45)cc3c3cc4c(cc32)[Si](c2ccccc2)(c2ccccc2)c2ccccc2-4)cc1. The Kier molecular flexibility index (Phi) is 9.48. The smallest absolute Gasteiger partial charge is 0.180 e. The number of hydrogen-bond acceptors (Lipinski definition) is 1. The van der Waals surface area contributed by atoms with Crippen molar-refractivity contribution in [2.75, 3.05) is 0 Å². The van der Waals surface area contributed by atoms with E-state index in [4.69, 9.17) is 0 Å². The monoisotopic (exact) mass is 1060 g/mol. The standard InChI is InChI=1S/C78H47NSSi/c1-4-21-51(22-5-1)79-70-41-38-49(42-65(70)66-44-68-58-30-18-19-35-74(58)81(75(68)47-71(66)79,52-23-6-2-7-24-52)53-25-8-3-9-26-53)76-59-31-14-16-33-61(59)77(62-34-17-15-32-60(62)76)50-37-39-57-67-45-69-64(46-73(67)80-72(57)43-50)56-29-13-12-28-55(56)63-40-36-48-20-10-11-27-54(48)78(63)69/h1-47H. The van der Waals surface area contributed by atoms with Gasteiger partial charge in [-0.2, -0.15) is 0 Å². The fraction of sp³-hybridized carbons (Fsp3) is 0. The van der Waals surface area contributed by atoms with Gasteiger partial charge in [-0.3, -0.25) is 0 Å². The second kappa shape index (κ2) is 17.1. The Morgan fingerprint density at radius 3 is 1.49 bits per heavy atom. The van der Waals surface area contributed by atoms with Crippen LogP contribution >= 0.6 is 11.3 Å². The average molecular weight is 1060 g/mol. The first-order valence-electron chi connectivity index (χ1n) is 28.1. The highest BCUT2D eigenvalue weighted by Gasteiger charge is 2.49. The Morgan fingerprint density at radius 1 is 0.272 bits per heavy atom. The molecule has 0 fully saturated rings. The molecule has 0 atom stereocenters. The number of benzene rings is 15. The van der Waals surface area contributed by atoms with Crippen molar-refractivity contribution >= 4 is 147 Å². The van der Waals surface area contributed by atoms with E-state index < -0.39 is 8.07 Å². The highest BCUT2D eigenvalue weighted by atomic mass is 32.1. The van der Waals surface area contributed by atoms with E-state index >= 15 is 0 Å². The Balaban J connectivity index is 0.858. The van der Waals surface area contributed by atoms with E-state index in [0.717, 1.165) is 5.69 Å². The summed E-state index contributed by atoms with van der Waals surface area (Å²) in [6, 6.07) is 108. The van der Waals surface area contributed by atoms with Crippen LogP contribution in [0.5, 0.6) is 0 Å². The van der Waals surface area contributed by atoms with E-state index in [2.05, 4.69) is 290 Å². The number of thiophene rings is 1. The zero-order valence-corrected chi connectivity index (χ0v) is 45.8. The lowest BCUT2D eigenvalue weighted by atomic mass is 9.85. The first-order chi connectivity index (χ1) is 40.2. The summed E-state index contributed by atoms with van der Waals surface area (Å²) in [5.74, 6) is 0. The summed E-state index contributed by atoms with van der Waals surface area (Å²) in [7, 11) is -2.75. The third kappa shape index (κ3) is 6.25. The lowest BCUT2D eigenvalue weighted by molar-refractivity contribution is 1.18. The largest absolute Gasteiger partial charge is 0.309 e. The van der Waals surface area contributed by atoms with Crippen molar-refractivity contribution in [3.8, 4) is 39.1 Å². The summed E-state index contributed by atoms with van der Waals surface area (Å²) in [6.07, 6.45) is 0. The topological polar surface area (TPSA) is 4.93 Å². The van der Waals surface area contributed by atoms with Gasteiger partial charge in [0.05, 0.1) is 11.0 Å². The summed E-state index contributed by atoms with van der Waals surface area (Å²) in [4.78, 5) is 0. The predicted molar refractivity (Wildman–Crippen MR) is 352 cm³/mol. The van der Waals surface area contributed by atoms with Gasteiger partial charge in [0.25, 0.3) is 0 Å². The van der Waals surface area contributed by atoms with Crippen LogP contribution < -0.4 is 20.7 Å². The minimum absolute atomic E-state index is 1.16. The summed E-state index contributed by atoms with van der Waals surface area (Å²) >= 11 is 1.92. The lowest BCUT2D eigenvalue weighted by Crippen LogP contribution is -2.72. The normalized spacial score (nSPS) is 13.0. The molecule has 0 saturated carbocycles. The number of aromatic nitrogens is 1. The van der Waals surface area contributed by atoms with Crippen LogP contribution in [-0.2, 0) is 0 Å². The third-order valence-electron chi connectivity index (χ3n) is 18.2. The second-order valence-electron chi connectivity index (χ2n) is 22.1. The molecule has 0 radical (unpaired) electrons. The molecule has 17 aromatic rings. The quantitative estimate of drug-likeness (QED) is 0.0920. The number of para-hydroxylation sites is 1. The van der Waals surface area contributed by atoms with Crippen LogP contribution in [0, 0.1) is 0 Å². The number of fused-ring (bicyclic) bond motifs is 19. The van der Waals surface area contributed by atoms with Gasteiger partial charge in [0.2, 0.25) is 0 Å². The van der Waals surface area contributed by atoms with Crippen LogP contribution in [0.4, 0.5) is 0 Å². The Hall–Kier alpha value is -9.90. The van der Waals surface area contributed by atoms with E-state index in [1.807, 2.05) is 11.3 Å². The average Bonchev–Trinajstić information content (AvgIpc) is 4.29. The molecule has 1 nitrogen and oxygen atoms in total. The molecule has 0 amide bonds. The molecule has 374 valence electrons. The number of nitrogens with zero attached hydrogens (tertiary/aromatic N) is 1. The third-order valence-corrected chi connectivity index (χ3v) is 24.2. The predicted octanol–water partition coefficient (Wildman–Crippen LogP) is 18.8. The molecule has 0 saturated heterocycles. The van der Waals surface area contributed by atoms with E-state index in [1.165, 1.54) is 161 Å². The molecule has 1 aliphatic rings. The highest BCUT2D eigenvalue weighted by Crippen LogP contribution is 2.49. The molecule has 1 aliphatic heterocycles. The maximum absolute atomic E-state index is 2.75. The molecule has 18 rings (SSSR count). The maximum Gasteiger partial charge on any atom is 0.180 e. The molecule has 3 heteroatoms. The van der Waals surface area contributed by atoms with Crippen molar-refractivity contribution in [3.63, 3.8) is 0 Å². The summed E-state index contributed by atoms with van der Waals surface area (Å²) in [5, 5.41) is 26.3. The second-order valence-corrected chi connectivity index (χ2v) is 27.0. The maximum atomic E-state index is 2.59. The van der Waals surface area contributed by atoms with Gasteiger partial charge in [-0.15, -0.1) is 11.3 Å². The fourth-order valence-electron chi connectivity index (χ4n) is 14.9. The van der Waals surface area contributed by atoms with Gasteiger partial charge in [-0.25, -0.2) is 0 Å². The van der Waals surface area contributed by atoms with Crippen LogP contribution in [0.25, 0.3) is 146 Å². The van der Waals surface area contributed by atoms with Gasteiger partial charge < -0.3 is 4.57 Å². The molecule has 0 N–H and O–H groups in total. The van der Waals surface area contributed by atoms with Crippen LogP contribution in [-0.4, -0.2) is 12.6 Å². The molecule has 0 bridgehead atoms. The molecule has 0 spiro atoms. The fourth-order valence-corrected chi connectivity index (χ4v) is 21.2. The van der Waals surface area contributed by atoms with Gasteiger partial charge in [-0.05, 0) is 173 Å². The van der Waals surface area contributed by atoms with Crippen molar-refractivity contribution in [1.82, 2.24) is 4.57 Å². The summed E-state index contributed by atoms with van der Waals surface area (Å²) < 4.78 is 5.14. The first-order valence-corrected chi connectivity index (χ1v) is 31.0. The van der Waals surface area contributed by atoms with Crippen LogP contribution in [0.1, 0.15) is 0 Å². The molecule has 15 aromatic carbocycles. The molecular weight excluding hydrogens is 1010 g/mol. The first kappa shape index (κ1) is 45.0. The summed E-state index contributed by atoms with van der Waals surface area (Å²) in [5.41, 5.74) is 11.3. The Labute approximate surface area is 472 Å². The minimum Gasteiger partial charge on any atom is -0.309 e. The van der Waals surface area contributed by atoms with Gasteiger partial charge >= 0.3 is 0 Å². The molecule has 0 unspecified atom stereocenters. The highest BCUT2D eigenvalue weighted by molar-refractivity contribution is 7.26. The van der Waals surface area contributed by atoms with Gasteiger partial charge in [-0.1, -0.05) is 231 Å². The van der Waals surface area contributed by atoms with Crippen LogP contribution in [0.15, 0.2) is 285 Å². The van der Waals surface area contributed by atoms with Crippen molar-refractivity contribution in [2.45, 2.75) is 0 Å². The molecular formula is C78H47NSSi.